The van der Waals surface area contributed by atoms with Crippen LogP contribution in [-0.4, -0.2) is 12.1 Å². The molecule has 0 bridgehead atoms. The molecule has 0 spiro atoms. The van der Waals surface area contributed by atoms with Gasteiger partial charge in [-0.25, -0.2) is 4.98 Å². The normalized spacial score (nSPS) is 17.2. The maximum atomic E-state index is 5.33. The van der Waals surface area contributed by atoms with Gasteiger partial charge < -0.3 is 10.1 Å². The Balaban J connectivity index is 1.88. The molecule has 1 atom stereocenters. The molecule has 1 N–H and O–H groups in total. The van der Waals surface area contributed by atoms with Crippen molar-refractivity contribution in [1.29, 1.82) is 0 Å². The highest BCUT2D eigenvalue weighted by atomic mass is 79.9. The Kier molecular flexibility index (Phi) is 4.15. The van der Waals surface area contributed by atoms with Crippen molar-refractivity contribution in [2.45, 2.75) is 32.2 Å². The van der Waals surface area contributed by atoms with Gasteiger partial charge in [0.15, 0.2) is 0 Å². The molecule has 3 rings (SSSR count). The summed E-state index contributed by atoms with van der Waals surface area (Å²) in [5.74, 6) is 0.941. The van der Waals surface area contributed by atoms with Crippen LogP contribution < -0.4 is 10.1 Å². The van der Waals surface area contributed by atoms with Gasteiger partial charge in [-0.05, 0) is 77.5 Å². The van der Waals surface area contributed by atoms with Crippen LogP contribution in [0.4, 0.5) is 5.69 Å². The smallest absolute Gasteiger partial charge is 0.119 e. The number of benzene rings is 1. The molecule has 1 aromatic heterocycles. The summed E-state index contributed by atoms with van der Waals surface area (Å²) in [6.07, 6.45) is 3.47. The van der Waals surface area contributed by atoms with Crippen LogP contribution in [0.25, 0.3) is 0 Å². The number of ether oxygens (including phenoxy) is 1. The molecule has 1 heterocycles. The van der Waals surface area contributed by atoms with Gasteiger partial charge in [0.25, 0.3) is 0 Å². The quantitative estimate of drug-likeness (QED) is 0.821. The molecule has 0 fully saturated rings. The van der Waals surface area contributed by atoms with E-state index in [4.69, 9.17) is 4.74 Å². The Morgan fingerprint density at radius 2 is 2.14 bits per heavy atom. The van der Waals surface area contributed by atoms with Crippen molar-refractivity contribution in [2.24, 2.45) is 0 Å². The number of anilines is 1. The average Bonchev–Trinajstić information content (AvgIpc) is 2.49. The summed E-state index contributed by atoms with van der Waals surface area (Å²) < 4.78 is 6.20. The van der Waals surface area contributed by atoms with Gasteiger partial charge in [0.1, 0.15) is 10.4 Å². The van der Waals surface area contributed by atoms with Crippen LogP contribution in [0, 0.1) is 6.92 Å². The van der Waals surface area contributed by atoms with Crippen molar-refractivity contribution in [3.05, 3.63) is 51.8 Å². The first-order valence-corrected chi connectivity index (χ1v) is 8.03. The van der Waals surface area contributed by atoms with E-state index in [-0.39, 0.29) is 0 Å². The summed E-state index contributed by atoms with van der Waals surface area (Å²) in [5.41, 5.74) is 4.89. The van der Waals surface area contributed by atoms with Gasteiger partial charge in [0, 0.05) is 0 Å². The number of aryl methyl sites for hydroxylation is 2. The summed E-state index contributed by atoms with van der Waals surface area (Å²) in [7, 11) is 1.72. The summed E-state index contributed by atoms with van der Waals surface area (Å²) in [6, 6.07) is 10.8. The second-order valence-corrected chi connectivity index (χ2v) is 6.23. The van der Waals surface area contributed by atoms with E-state index in [0.717, 1.165) is 34.6 Å². The highest BCUT2D eigenvalue weighted by molar-refractivity contribution is 9.10. The fraction of sp³-hybridized carbons (Fsp3) is 0.353. The van der Waals surface area contributed by atoms with Gasteiger partial charge in [-0.15, -0.1) is 0 Å². The average molecular weight is 347 g/mol. The third kappa shape index (κ3) is 3.05. The summed E-state index contributed by atoms with van der Waals surface area (Å²) >= 11 is 3.41. The third-order valence-electron chi connectivity index (χ3n) is 4.05. The van der Waals surface area contributed by atoms with Crippen molar-refractivity contribution in [1.82, 2.24) is 4.98 Å². The molecule has 1 aliphatic rings. The zero-order valence-corrected chi connectivity index (χ0v) is 13.9. The van der Waals surface area contributed by atoms with Crippen molar-refractivity contribution in [2.75, 3.05) is 12.4 Å². The van der Waals surface area contributed by atoms with E-state index in [9.17, 15) is 0 Å². The van der Waals surface area contributed by atoms with E-state index in [2.05, 4.69) is 44.4 Å². The van der Waals surface area contributed by atoms with Crippen LogP contribution in [0.1, 0.15) is 35.7 Å². The zero-order valence-electron chi connectivity index (χ0n) is 12.3. The highest BCUT2D eigenvalue weighted by Crippen LogP contribution is 2.35. The lowest BCUT2D eigenvalue weighted by molar-refractivity contribution is 0.413. The predicted molar refractivity (Wildman–Crippen MR) is 89.0 cm³/mol. The third-order valence-corrected chi connectivity index (χ3v) is 4.49. The number of pyridine rings is 1. The second kappa shape index (κ2) is 6.06. The number of halogens is 1. The van der Waals surface area contributed by atoms with Gasteiger partial charge in [-0.2, -0.15) is 0 Å². The first kappa shape index (κ1) is 14.4. The molecule has 2 aromatic rings. The van der Waals surface area contributed by atoms with Gasteiger partial charge in [0.2, 0.25) is 0 Å². The van der Waals surface area contributed by atoms with Crippen molar-refractivity contribution in [3.8, 4) is 5.75 Å². The molecule has 4 heteroatoms. The molecule has 3 nitrogen and oxygen atoms in total. The van der Waals surface area contributed by atoms with Crippen LogP contribution in [0.3, 0.4) is 0 Å². The van der Waals surface area contributed by atoms with Gasteiger partial charge in [-0.3, -0.25) is 0 Å². The Labute approximate surface area is 133 Å². The van der Waals surface area contributed by atoms with E-state index in [1.165, 1.54) is 17.5 Å². The van der Waals surface area contributed by atoms with Crippen LogP contribution in [0.15, 0.2) is 34.9 Å². The Morgan fingerprint density at radius 3 is 2.90 bits per heavy atom. The van der Waals surface area contributed by atoms with Gasteiger partial charge >= 0.3 is 0 Å². The summed E-state index contributed by atoms with van der Waals surface area (Å²) in [4.78, 5) is 4.46. The largest absolute Gasteiger partial charge is 0.497 e. The number of nitrogens with one attached hydrogen (secondary N) is 1. The molecule has 1 unspecified atom stereocenters. The number of methoxy groups -OCH3 is 1. The SMILES string of the molecule is COc1ccc2c(c1)CCCC2Nc1ccc(Br)nc1C. The van der Waals surface area contributed by atoms with Crippen molar-refractivity contribution in [3.63, 3.8) is 0 Å². The lowest BCUT2D eigenvalue weighted by atomic mass is 9.87. The maximum Gasteiger partial charge on any atom is 0.119 e. The number of rotatable bonds is 3. The first-order valence-electron chi connectivity index (χ1n) is 7.24. The van der Waals surface area contributed by atoms with Gasteiger partial charge in [0.05, 0.1) is 24.5 Å². The number of nitrogens with zero attached hydrogens (tertiary/aromatic N) is 1. The topological polar surface area (TPSA) is 34.1 Å². The molecule has 21 heavy (non-hydrogen) atoms. The Morgan fingerprint density at radius 1 is 1.29 bits per heavy atom. The molecular formula is C17H19BrN2O. The lowest BCUT2D eigenvalue weighted by Crippen LogP contribution is -2.18. The molecule has 0 saturated carbocycles. The second-order valence-electron chi connectivity index (χ2n) is 5.42. The predicted octanol–water partition coefficient (Wildman–Crippen LogP) is 4.65. The molecular weight excluding hydrogens is 328 g/mol. The number of fused-ring (bicyclic) bond motifs is 1. The van der Waals surface area contributed by atoms with E-state index >= 15 is 0 Å². The van der Waals surface area contributed by atoms with Crippen LogP contribution in [0.2, 0.25) is 0 Å². The van der Waals surface area contributed by atoms with Gasteiger partial charge in [-0.1, -0.05) is 6.07 Å². The number of aromatic nitrogens is 1. The molecule has 110 valence electrons. The molecule has 0 amide bonds. The highest BCUT2D eigenvalue weighted by Gasteiger charge is 2.21. The Hall–Kier alpha value is -1.55. The number of hydrogen-bond acceptors (Lipinski definition) is 3. The van der Waals surface area contributed by atoms with Crippen molar-refractivity contribution < 1.29 is 4.74 Å². The lowest BCUT2D eigenvalue weighted by Gasteiger charge is -2.28. The zero-order chi connectivity index (χ0) is 14.8. The molecule has 0 radical (unpaired) electrons. The Bertz CT molecular complexity index is 657. The fourth-order valence-electron chi connectivity index (χ4n) is 2.94. The van der Waals surface area contributed by atoms with Crippen LogP contribution in [0.5, 0.6) is 5.75 Å². The maximum absolute atomic E-state index is 5.33. The molecule has 1 aromatic carbocycles. The van der Waals surface area contributed by atoms with Crippen LogP contribution >= 0.6 is 15.9 Å². The minimum absolute atomic E-state index is 0.348. The minimum atomic E-state index is 0.348. The van der Waals surface area contributed by atoms with Crippen LogP contribution in [-0.2, 0) is 6.42 Å². The van der Waals surface area contributed by atoms with E-state index < -0.39 is 0 Å². The van der Waals surface area contributed by atoms with E-state index in [1.54, 1.807) is 7.11 Å². The molecule has 0 saturated heterocycles. The minimum Gasteiger partial charge on any atom is -0.497 e. The first-order chi connectivity index (χ1) is 10.2. The number of hydrogen-bond donors (Lipinski definition) is 1. The molecule has 1 aliphatic carbocycles. The molecule has 0 aliphatic heterocycles. The van der Waals surface area contributed by atoms with E-state index in [1.807, 2.05) is 19.1 Å². The standard InChI is InChI=1S/C17H19BrN2O/c1-11-15(8-9-17(18)19-11)20-16-5-3-4-12-10-13(21-2)6-7-14(12)16/h6-10,16,20H,3-5H2,1-2H3. The van der Waals surface area contributed by atoms with E-state index in [0.29, 0.717) is 6.04 Å². The summed E-state index contributed by atoms with van der Waals surface area (Å²) in [6.45, 7) is 2.03. The monoisotopic (exact) mass is 346 g/mol. The fourth-order valence-corrected chi connectivity index (χ4v) is 3.34. The van der Waals surface area contributed by atoms with Crippen molar-refractivity contribution >= 4 is 21.6 Å². The summed E-state index contributed by atoms with van der Waals surface area (Å²) in [5, 5.41) is 3.65.